The molecule has 2 aromatic rings. The molecule has 0 atom stereocenters. The van der Waals surface area contributed by atoms with E-state index in [1.54, 1.807) is 10.6 Å². The van der Waals surface area contributed by atoms with E-state index in [0.717, 1.165) is 44.8 Å². The molecule has 22 heavy (non-hydrogen) atoms. The second kappa shape index (κ2) is 5.05. The van der Waals surface area contributed by atoms with Gasteiger partial charge in [0.1, 0.15) is 11.6 Å². The van der Waals surface area contributed by atoms with Gasteiger partial charge in [-0.05, 0) is 25.6 Å². The molecule has 0 spiro atoms. The van der Waals surface area contributed by atoms with E-state index in [2.05, 4.69) is 16.9 Å². The van der Waals surface area contributed by atoms with E-state index >= 15 is 0 Å². The zero-order valence-corrected chi connectivity index (χ0v) is 12.7. The van der Waals surface area contributed by atoms with E-state index in [0.29, 0.717) is 23.1 Å². The third-order valence-electron chi connectivity index (χ3n) is 4.73. The van der Waals surface area contributed by atoms with Crippen molar-refractivity contribution in [1.29, 1.82) is 0 Å². The second-order valence-corrected chi connectivity index (χ2v) is 6.20. The Labute approximate surface area is 128 Å². The smallest absolute Gasteiger partial charge is 0.261 e. The number of piperazine rings is 1. The molecule has 5 nitrogen and oxygen atoms in total. The highest BCUT2D eigenvalue weighted by molar-refractivity contribution is 5.82. The highest BCUT2D eigenvalue weighted by Crippen LogP contribution is 2.25. The maximum Gasteiger partial charge on any atom is 0.261 e. The summed E-state index contributed by atoms with van der Waals surface area (Å²) in [6.07, 6.45) is 1.76. The van der Waals surface area contributed by atoms with Crippen LogP contribution in [0.25, 0.3) is 10.9 Å². The number of benzene rings is 1. The molecule has 1 fully saturated rings. The van der Waals surface area contributed by atoms with Crippen molar-refractivity contribution in [3.05, 3.63) is 34.1 Å². The Kier molecular flexibility index (Phi) is 3.14. The summed E-state index contributed by atoms with van der Waals surface area (Å²) in [6.45, 7) is 4.11. The van der Waals surface area contributed by atoms with Gasteiger partial charge in [0.2, 0.25) is 0 Å². The van der Waals surface area contributed by atoms with Gasteiger partial charge in [-0.1, -0.05) is 0 Å². The molecule has 0 aliphatic carbocycles. The molecule has 3 heterocycles. The Morgan fingerprint density at radius 2 is 1.91 bits per heavy atom. The SMILES string of the molecule is CN1CCN(c2cc3nc4n(c(=O)c3cc2F)CCC4)CC1. The normalized spacial score (nSPS) is 18.9. The summed E-state index contributed by atoms with van der Waals surface area (Å²) in [4.78, 5) is 21.3. The molecule has 0 saturated carbocycles. The minimum atomic E-state index is -0.325. The Hall–Kier alpha value is -1.95. The molecule has 116 valence electrons. The summed E-state index contributed by atoms with van der Waals surface area (Å²) in [5, 5.41) is 0.390. The van der Waals surface area contributed by atoms with Crippen molar-refractivity contribution in [3.8, 4) is 0 Å². The van der Waals surface area contributed by atoms with Gasteiger partial charge in [-0.2, -0.15) is 0 Å². The number of hydrogen-bond donors (Lipinski definition) is 0. The number of rotatable bonds is 1. The van der Waals surface area contributed by atoms with Crippen molar-refractivity contribution >= 4 is 16.6 Å². The van der Waals surface area contributed by atoms with Gasteiger partial charge in [-0.15, -0.1) is 0 Å². The van der Waals surface area contributed by atoms with Crippen LogP contribution in [0, 0.1) is 5.82 Å². The molecule has 1 aromatic carbocycles. The Morgan fingerprint density at radius 3 is 2.68 bits per heavy atom. The van der Waals surface area contributed by atoms with Crippen LogP contribution < -0.4 is 10.5 Å². The minimum Gasteiger partial charge on any atom is -0.367 e. The lowest BCUT2D eigenvalue weighted by Gasteiger charge is -2.34. The lowest BCUT2D eigenvalue weighted by Crippen LogP contribution is -2.44. The van der Waals surface area contributed by atoms with Crippen molar-refractivity contribution in [2.75, 3.05) is 38.1 Å². The van der Waals surface area contributed by atoms with Crippen molar-refractivity contribution in [2.45, 2.75) is 19.4 Å². The van der Waals surface area contributed by atoms with Gasteiger partial charge < -0.3 is 9.80 Å². The van der Waals surface area contributed by atoms with Crippen LogP contribution in [0.15, 0.2) is 16.9 Å². The Morgan fingerprint density at radius 1 is 1.14 bits per heavy atom. The largest absolute Gasteiger partial charge is 0.367 e. The predicted octanol–water partition coefficient (Wildman–Crippen LogP) is 1.23. The summed E-state index contributed by atoms with van der Waals surface area (Å²) in [5.41, 5.74) is 1.07. The lowest BCUT2D eigenvalue weighted by atomic mass is 10.1. The fourth-order valence-electron chi connectivity index (χ4n) is 3.38. The third-order valence-corrected chi connectivity index (χ3v) is 4.73. The van der Waals surface area contributed by atoms with Crippen LogP contribution in [0.2, 0.25) is 0 Å². The monoisotopic (exact) mass is 302 g/mol. The van der Waals surface area contributed by atoms with Crippen molar-refractivity contribution in [2.24, 2.45) is 0 Å². The maximum atomic E-state index is 14.5. The number of anilines is 1. The molecule has 1 aromatic heterocycles. The highest BCUT2D eigenvalue weighted by Gasteiger charge is 2.21. The van der Waals surface area contributed by atoms with E-state index in [9.17, 15) is 9.18 Å². The van der Waals surface area contributed by atoms with Crippen LogP contribution >= 0.6 is 0 Å². The van der Waals surface area contributed by atoms with Gasteiger partial charge in [-0.25, -0.2) is 9.37 Å². The van der Waals surface area contributed by atoms with Gasteiger partial charge in [0.15, 0.2) is 0 Å². The predicted molar refractivity (Wildman–Crippen MR) is 84.0 cm³/mol. The summed E-state index contributed by atoms with van der Waals surface area (Å²) in [7, 11) is 2.07. The zero-order chi connectivity index (χ0) is 15.3. The standard InChI is InChI=1S/C16H19FN4O/c1-19-5-7-20(8-6-19)14-10-13-11(9-12(14)17)16(22)21-4-2-3-15(21)18-13/h9-10H,2-8H2,1H3. The number of nitrogens with zero attached hydrogens (tertiary/aromatic N) is 4. The molecule has 0 amide bonds. The fourth-order valence-corrected chi connectivity index (χ4v) is 3.38. The molecule has 4 rings (SSSR count). The van der Waals surface area contributed by atoms with Crippen LogP contribution in [0.3, 0.4) is 0 Å². The summed E-state index contributed by atoms with van der Waals surface area (Å²) < 4.78 is 16.2. The van der Waals surface area contributed by atoms with Crippen LogP contribution in [-0.2, 0) is 13.0 Å². The Bertz CT molecular complexity index is 793. The number of fused-ring (bicyclic) bond motifs is 2. The molecule has 6 heteroatoms. The van der Waals surface area contributed by atoms with Crippen molar-refractivity contribution in [1.82, 2.24) is 14.5 Å². The number of hydrogen-bond acceptors (Lipinski definition) is 4. The number of halogens is 1. The van der Waals surface area contributed by atoms with Gasteiger partial charge in [0, 0.05) is 39.1 Å². The average molecular weight is 302 g/mol. The van der Waals surface area contributed by atoms with Crippen LogP contribution in [0.4, 0.5) is 10.1 Å². The zero-order valence-electron chi connectivity index (χ0n) is 12.7. The number of likely N-dealkylation sites (N-methyl/N-ethyl adjacent to an activating group) is 1. The van der Waals surface area contributed by atoms with Crippen LogP contribution in [0.5, 0.6) is 0 Å². The maximum absolute atomic E-state index is 14.5. The van der Waals surface area contributed by atoms with Gasteiger partial charge in [-0.3, -0.25) is 9.36 Å². The molecule has 0 bridgehead atoms. The molecule has 2 aliphatic heterocycles. The topological polar surface area (TPSA) is 41.4 Å². The highest BCUT2D eigenvalue weighted by atomic mass is 19.1. The minimum absolute atomic E-state index is 0.110. The second-order valence-electron chi connectivity index (χ2n) is 6.20. The quantitative estimate of drug-likeness (QED) is 0.795. The van der Waals surface area contributed by atoms with Crippen molar-refractivity contribution in [3.63, 3.8) is 0 Å². The van der Waals surface area contributed by atoms with E-state index in [4.69, 9.17) is 0 Å². The van der Waals surface area contributed by atoms with E-state index in [1.807, 2.05) is 4.90 Å². The molecule has 0 N–H and O–H groups in total. The van der Waals surface area contributed by atoms with E-state index in [1.165, 1.54) is 6.07 Å². The molecule has 0 unspecified atom stereocenters. The first-order valence-corrected chi connectivity index (χ1v) is 7.80. The molecular weight excluding hydrogens is 283 g/mol. The van der Waals surface area contributed by atoms with Crippen LogP contribution in [0.1, 0.15) is 12.2 Å². The summed E-state index contributed by atoms with van der Waals surface area (Å²) >= 11 is 0. The number of aromatic nitrogens is 2. The molecule has 0 radical (unpaired) electrons. The van der Waals surface area contributed by atoms with E-state index < -0.39 is 0 Å². The molecule has 1 saturated heterocycles. The fraction of sp³-hybridized carbons (Fsp3) is 0.500. The van der Waals surface area contributed by atoms with Gasteiger partial charge in [0.25, 0.3) is 5.56 Å². The first-order chi connectivity index (χ1) is 10.6. The molecular formula is C16H19FN4O. The lowest BCUT2D eigenvalue weighted by molar-refractivity contribution is 0.312. The van der Waals surface area contributed by atoms with E-state index in [-0.39, 0.29) is 11.4 Å². The van der Waals surface area contributed by atoms with Gasteiger partial charge >= 0.3 is 0 Å². The van der Waals surface area contributed by atoms with Crippen LogP contribution in [-0.4, -0.2) is 47.7 Å². The number of aryl methyl sites for hydroxylation is 1. The third kappa shape index (κ3) is 2.09. The average Bonchev–Trinajstić information content (AvgIpc) is 2.97. The first-order valence-electron chi connectivity index (χ1n) is 7.80. The van der Waals surface area contributed by atoms with Gasteiger partial charge in [0.05, 0.1) is 16.6 Å². The Balaban J connectivity index is 1.83. The molecule has 2 aliphatic rings. The summed E-state index contributed by atoms with van der Waals surface area (Å²) in [6, 6.07) is 3.11. The van der Waals surface area contributed by atoms with Crippen molar-refractivity contribution < 1.29 is 4.39 Å². The first kappa shape index (κ1) is 13.7. The summed E-state index contributed by atoms with van der Waals surface area (Å²) in [5.74, 6) is 0.503.